The lowest BCUT2D eigenvalue weighted by Gasteiger charge is -2.17. The molecule has 1 aliphatic carbocycles. The van der Waals surface area contributed by atoms with Crippen LogP contribution >= 0.6 is 0 Å². The van der Waals surface area contributed by atoms with Crippen molar-refractivity contribution >= 4 is 12.2 Å². The Hall–Kier alpha value is -2.48. The van der Waals surface area contributed by atoms with Crippen LogP contribution in [0.4, 0.5) is 8.78 Å². The van der Waals surface area contributed by atoms with Gasteiger partial charge in [-0.1, -0.05) is 24.1 Å². The molecule has 2 N–H and O–H groups in total. The molecule has 2 aromatic rings. The van der Waals surface area contributed by atoms with Gasteiger partial charge in [0.15, 0.2) is 17.3 Å². The molecule has 0 radical (unpaired) electrons. The van der Waals surface area contributed by atoms with Crippen molar-refractivity contribution in [2.24, 2.45) is 5.73 Å². The van der Waals surface area contributed by atoms with Crippen molar-refractivity contribution in [1.29, 1.82) is 0 Å². The Morgan fingerprint density at radius 3 is 2.73 bits per heavy atom. The van der Waals surface area contributed by atoms with Crippen molar-refractivity contribution in [1.82, 2.24) is 10.1 Å². The van der Waals surface area contributed by atoms with Gasteiger partial charge in [0, 0.05) is 6.08 Å². The summed E-state index contributed by atoms with van der Waals surface area (Å²) in [5, 5.41) is 3.99. The van der Waals surface area contributed by atoms with Crippen LogP contribution in [0.15, 0.2) is 22.7 Å². The predicted molar refractivity (Wildman–Crippen MR) is 91.8 cm³/mol. The molecule has 1 aromatic carbocycles. The van der Waals surface area contributed by atoms with E-state index in [0.29, 0.717) is 18.3 Å². The van der Waals surface area contributed by atoms with Crippen LogP contribution in [-0.2, 0) is 5.54 Å². The van der Waals surface area contributed by atoms with E-state index < -0.39 is 12.2 Å². The van der Waals surface area contributed by atoms with Crippen molar-refractivity contribution in [3.05, 3.63) is 35.5 Å². The van der Waals surface area contributed by atoms with E-state index in [-0.39, 0.29) is 11.5 Å². The molecule has 6 nitrogen and oxygen atoms in total. The zero-order valence-corrected chi connectivity index (χ0v) is 14.5. The largest absolute Gasteiger partial charge is 0.490 e. The van der Waals surface area contributed by atoms with E-state index in [1.807, 2.05) is 0 Å². The predicted octanol–water partition coefficient (Wildman–Crippen LogP) is 3.97. The van der Waals surface area contributed by atoms with Crippen molar-refractivity contribution in [2.45, 2.75) is 44.8 Å². The van der Waals surface area contributed by atoms with Gasteiger partial charge in [0.05, 0.1) is 12.1 Å². The van der Waals surface area contributed by atoms with E-state index in [1.54, 1.807) is 31.2 Å². The maximum atomic E-state index is 12.4. The molecule has 0 atom stereocenters. The first-order chi connectivity index (χ1) is 12.5. The lowest BCUT2D eigenvalue weighted by molar-refractivity contribution is -0.0514. The van der Waals surface area contributed by atoms with E-state index in [4.69, 9.17) is 15.0 Å². The zero-order valence-electron chi connectivity index (χ0n) is 14.5. The van der Waals surface area contributed by atoms with E-state index in [9.17, 15) is 8.78 Å². The standard InChI is InChI=1S/C18H21F2N3O3/c1-2-24-14-11-12(5-7-13(14)25-17(19)20)6-8-15-22-16(23-26-15)18(21)9-3-4-10-18/h5-8,11,17H,2-4,9-10,21H2,1H3/b8-6+. The van der Waals surface area contributed by atoms with Gasteiger partial charge >= 0.3 is 6.61 Å². The lowest BCUT2D eigenvalue weighted by atomic mass is 9.99. The Bertz CT molecular complexity index is 771. The molecule has 26 heavy (non-hydrogen) atoms. The summed E-state index contributed by atoms with van der Waals surface area (Å²) in [4.78, 5) is 4.35. The second-order valence-corrected chi connectivity index (χ2v) is 6.17. The molecule has 1 saturated carbocycles. The van der Waals surface area contributed by atoms with Crippen LogP contribution in [0.25, 0.3) is 12.2 Å². The van der Waals surface area contributed by atoms with Crippen LogP contribution in [0.2, 0.25) is 0 Å². The molecule has 8 heteroatoms. The van der Waals surface area contributed by atoms with Gasteiger partial charge in [-0.25, -0.2) is 0 Å². The highest BCUT2D eigenvalue weighted by Gasteiger charge is 2.35. The average molecular weight is 365 g/mol. The van der Waals surface area contributed by atoms with Crippen LogP contribution in [0, 0.1) is 0 Å². The number of aromatic nitrogens is 2. The highest BCUT2D eigenvalue weighted by molar-refractivity contribution is 5.67. The molecular weight excluding hydrogens is 344 g/mol. The highest BCUT2D eigenvalue weighted by Crippen LogP contribution is 2.35. The quantitative estimate of drug-likeness (QED) is 0.799. The lowest BCUT2D eigenvalue weighted by Crippen LogP contribution is -2.34. The van der Waals surface area contributed by atoms with Gasteiger partial charge in [-0.3, -0.25) is 0 Å². The summed E-state index contributed by atoms with van der Waals surface area (Å²) in [6, 6.07) is 4.68. The molecule has 1 heterocycles. The van der Waals surface area contributed by atoms with Gasteiger partial charge in [-0.15, -0.1) is 0 Å². The first-order valence-electron chi connectivity index (χ1n) is 8.53. The Balaban J connectivity index is 1.76. The normalized spacial score (nSPS) is 16.5. The van der Waals surface area contributed by atoms with Crippen molar-refractivity contribution in [3.63, 3.8) is 0 Å². The number of benzene rings is 1. The molecule has 0 amide bonds. The summed E-state index contributed by atoms with van der Waals surface area (Å²) in [5.74, 6) is 1.09. The maximum absolute atomic E-state index is 12.4. The molecule has 0 bridgehead atoms. The Kier molecular flexibility index (Phi) is 5.51. The highest BCUT2D eigenvalue weighted by atomic mass is 19.3. The number of halogens is 2. The summed E-state index contributed by atoms with van der Waals surface area (Å²) in [6.07, 6.45) is 7.18. The third-order valence-electron chi connectivity index (χ3n) is 4.28. The van der Waals surface area contributed by atoms with E-state index in [0.717, 1.165) is 31.2 Å². The summed E-state index contributed by atoms with van der Waals surface area (Å²) in [6.45, 7) is -0.815. The van der Waals surface area contributed by atoms with Crippen LogP contribution in [0.5, 0.6) is 11.5 Å². The van der Waals surface area contributed by atoms with Gasteiger partial charge < -0.3 is 19.7 Å². The summed E-state index contributed by atoms with van der Waals surface area (Å²) >= 11 is 0. The van der Waals surface area contributed by atoms with Crippen molar-refractivity contribution < 1.29 is 22.8 Å². The smallest absolute Gasteiger partial charge is 0.387 e. The Labute approximate surface area is 150 Å². The first kappa shape index (κ1) is 18.3. The van der Waals surface area contributed by atoms with E-state index in [2.05, 4.69) is 14.9 Å². The van der Waals surface area contributed by atoms with Gasteiger partial charge in [0.25, 0.3) is 5.89 Å². The molecule has 0 spiro atoms. The molecule has 0 aliphatic heterocycles. The second kappa shape index (κ2) is 7.82. The van der Waals surface area contributed by atoms with Crippen LogP contribution < -0.4 is 15.2 Å². The number of hydrogen-bond donors (Lipinski definition) is 1. The molecule has 1 fully saturated rings. The zero-order chi connectivity index (χ0) is 18.6. The topological polar surface area (TPSA) is 83.4 Å². The number of nitrogens with zero attached hydrogens (tertiary/aromatic N) is 2. The number of nitrogens with two attached hydrogens (primary N) is 1. The molecule has 0 unspecified atom stereocenters. The Morgan fingerprint density at radius 1 is 1.27 bits per heavy atom. The molecule has 1 aromatic heterocycles. The fraction of sp³-hybridized carbons (Fsp3) is 0.444. The minimum Gasteiger partial charge on any atom is -0.490 e. The molecule has 140 valence electrons. The number of hydrogen-bond acceptors (Lipinski definition) is 6. The van der Waals surface area contributed by atoms with Crippen LogP contribution in [0.3, 0.4) is 0 Å². The van der Waals surface area contributed by atoms with Crippen LogP contribution in [-0.4, -0.2) is 23.4 Å². The minimum absolute atomic E-state index is 0.00890. The maximum Gasteiger partial charge on any atom is 0.387 e. The van der Waals surface area contributed by atoms with E-state index in [1.165, 1.54) is 6.07 Å². The third kappa shape index (κ3) is 4.19. The Morgan fingerprint density at radius 2 is 2.04 bits per heavy atom. The summed E-state index contributed by atoms with van der Waals surface area (Å²) in [7, 11) is 0. The van der Waals surface area contributed by atoms with Crippen molar-refractivity contribution in [3.8, 4) is 11.5 Å². The van der Waals surface area contributed by atoms with E-state index >= 15 is 0 Å². The number of ether oxygens (including phenoxy) is 2. The summed E-state index contributed by atoms with van der Waals surface area (Å²) in [5.41, 5.74) is 6.52. The van der Waals surface area contributed by atoms with Gasteiger partial charge in [-0.05, 0) is 43.5 Å². The molecule has 0 saturated heterocycles. The van der Waals surface area contributed by atoms with Gasteiger partial charge in [0.1, 0.15) is 0 Å². The van der Waals surface area contributed by atoms with Crippen LogP contribution in [0.1, 0.15) is 49.9 Å². The van der Waals surface area contributed by atoms with Gasteiger partial charge in [0.2, 0.25) is 0 Å². The fourth-order valence-corrected chi connectivity index (χ4v) is 2.99. The third-order valence-corrected chi connectivity index (χ3v) is 4.28. The molecular formula is C18H21F2N3O3. The summed E-state index contributed by atoms with van der Waals surface area (Å²) < 4.78 is 39.9. The monoisotopic (exact) mass is 365 g/mol. The average Bonchev–Trinajstić information content (AvgIpc) is 3.25. The molecule has 3 rings (SSSR count). The molecule has 1 aliphatic rings. The minimum atomic E-state index is -2.91. The van der Waals surface area contributed by atoms with Crippen molar-refractivity contribution in [2.75, 3.05) is 6.61 Å². The van der Waals surface area contributed by atoms with Gasteiger partial charge in [-0.2, -0.15) is 13.8 Å². The first-order valence-corrected chi connectivity index (χ1v) is 8.53. The number of rotatable bonds is 7. The SMILES string of the molecule is CCOc1cc(/C=C/c2nc(C3(N)CCCC3)no2)ccc1OC(F)F. The second-order valence-electron chi connectivity index (χ2n) is 6.17. The number of alkyl halides is 2. The fourth-order valence-electron chi connectivity index (χ4n) is 2.99.